The van der Waals surface area contributed by atoms with Gasteiger partial charge < -0.3 is 20.7 Å². The van der Waals surface area contributed by atoms with E-state index in [0.717, 1.165) is 24.3 Å². The number of benzene rings is 1. The Morgan fingerprint density at radius 3 is 2.47 bits per heavy atom. The van der Waals surface area contributed by atoms with Crippen LogP contribution in [0.4, 0.5) is 11.5 Å². The van der Waals surface area contributed by atoms with Gasteiger partial charge in [0.05, 0.1) is 5.56 Å². The van der Waals surface area contributed by atoms with E-state index in [-0.39, 0.29) is 17.4 Å². The molecular formula is C29H37N5O2. The number of carbonyl (C=O) groups excluding carboxylic acids is 1. The molecule has 3 heterocycles. The molecule has 36 heavy (non-hydrogen) atoms. The summed E-state index contributed by atoms with van der Waals surface area (Å²) in [5.74, 6) is 1.85. The maximum atomic E-state index is 13.0. The van der Waals surface area contributed by atoms with Gasteiger partial charge in [-0.05, 0) is 52.8 Å². The Kier molecular flexibility index (Phi) is 7.89. The number of anilines is 2. The fourth-order valence-corrected chi connectivity index (χ4v) is 4.25. The molecule has 1 fully saturated rings. The van der Waals surface area contributed by atoms with Crippen molar-refractivity contribution >= 4 is 17.4 Å². The molecule has 1 aliphatic heterocycles. The molecule has 0 saturated carbocycles. The van der Waals surface area contributed by atoms with Gasteiger partial charge in [-0.3, -0.25) is 4.79 Å². The average Bonchev–Trinajstić information content (AvgIpc) is 2.81. The van der Waals surface area contributed by atoms with Crippen LogP contribution >= 0.6 is 0 Å². The van der Waals surface area contributed by atoms with Gasteiger partial charge in [-0.1, -0.05) is 46.8 Å². The predicted octanol–water partition coefficient (Wildman–Crippen LogP) is 5.26. The number of ether oxygens (including phenoxy) is 1. The number of amides is 1. The van der Waals surface area contributed by atoms with Crippen molar-refractivity contribution in [3.8, 4) is 5.88 Å². The molecule has 1 saturated heterocycles. The largest absolute Gasteiger partial charge is 0.474 e. The standard InChI is InChI=1S/C29H37N5O2/c1-19(2)26(21-17-30-18-21)36-25-15-20(12-14-31-25)16-33-27-24(7-6-13-32-27)28(35)34-23-10-8-22(9-11-23)29(3,4)5/h6-15,19,21,26,30H,16-18H2,1-5H3,(H,32,33)(H,34,35). The summed E-state index contributed by atoms with van der Waals surface area (Å²) >= 11 is 0. The molecule has 1 unspecified atom stereocenters. The second-order valence-electron chi connectivity index (χ2n) is 10.8. The molecule has 7 heteroatoms. The molecule has 1 aliphatic rings. The lowest BCUT2D eigenvalue weighted by atomic mass is 9.87. The zero-order valence-electron chi connectivity index (χ0n) is 21.8. The maximum absolute atomic E-state index is 13.0. The first-order valence-electron chi connectivity index (χ1n) is 12.6. The van der Waals surface area contributed by atoms with Crippen LogP contribution in [0.2, 0.25) is 0 Å². The zero-order valence-corrected chi connectivity index (χ0v) is 21.8. The van der Waals surface area contributed by atoms with Crippen molar-refractivity contribution in [2.45, 2.75) is 52.7 Å². The highest BCUT2D eigenvalue weighted by Crippen LogP contribution is 2.25. The molecule has 190 valence electrons. The van der Waals surface area contributed by atoms with Crippen molar-refractivity contribution in [3.05, 3.63) is 77.6 Å². The second kappa shape index (κ2) is 11.1. The van der Waals surface area contributed by atoms with Crippen LogP contribution in [-0.4, -0.2) is 35.1 Å². The Bertz CT molecular complexity index is 1170. The van der Waals surface area contributed by atoms with Gasteiger partial charge in [-0.15, -0.1) is 0 Å². The summed E-state index contributed by atoms with van der Waals surface area (Å²) in [6, 6.07) is 15.4. The molecule has 3 N–H and O–H groups in total. The molecule has 1 aromatic carbocycles. The Morgan fingerprint density at radius 1 is 1.08 bits per heavy atom. The smallest absolute Gasteiger partial charge is 0.259 e. The first-order valence-corrected chi connectivity index (χ1v) is 12.6. The van der Waals surface area contributed by atoms with E-state index in [2.05, 4.69) is 60.5 Å². The first-order chi connectivity index (χ1) is 17.2. The molecule has 4 rings (SSSR count). The molecule has 0 spiro atoms. The first kappa shape index (κ1) is 25.6. The van der Waals surface area contributed by atoms with E-state index in [4.69, 9.17) is 4.74 Å². The SMILES string of the molecule is CC(C)C(Oc1cc(CNc2ncccc2C(=O)Nc2ccc(C(C)(C)C)cc2)ccn1)C1CNC1. The van der Waals surface area contributed by atoms with Gasteiger partial charge in [0.15, 0.2) is 0 Å². The second-order valence-corrected chi connectivity index (χ2v) is 10.8. The number of hydrogen-bond acceptors (Lipinski definition) is 6. The number of nitrogens with one attached hydrogen (secondary N) is 3. The molecule has 0 bridgehead atoms. The molecule has 0 radical (unpaired) electrons. The van der Waals surface area contributed by atoms with Crippen LogP contribution in [0, 0.1) is 11.8 Å². The summed E-state index contributed by atoms with van der Waals surface area (Å²) in [5, 5.41) is 9.61. The van der Waals surface area contributed by atoms with E-state index >= 15 is 0 Å². The monoisotopic (exact) mass is 487 g/mol. The van der Waals surface area contributed by atoms with Crippen LogP contribution in [0.5, 0.6) is 5.88 Å². The number of pyridine rings is 2. The van der Waals surface area contributed by atoms with Gasteiger partial charge >= 0.3 is 0 Å². The number of nitrogens with zero attached hydrogens (tertiary/aromatic N) is 2. The number of aromatic nitrogens is 2. The maximum Gasteiger partial charge on any atom is 0.259 e. The summed E-state index contributed by atoms with van der Waals surface area (Å²) in [6.45, 7) is 13.3. The fourth-order valence-electron chi connectivity index (χ4n) is 4.25. The van der Waals surface area contributed by atoms with Crippen LogP contribution < -0.4 is 20.7 Å². The topological polar surface area (TPSA) is 88.2 Å². The van der Waals surface area contributed by atoms with E-state index < -0.39 is 0 Å². The molecule has 7 nitrogen and oxygen atoms in total. The summed E-state index contributed by atoms with van der Waals surface area (Å²) in [6.07, 6.45) is 3.57. The van der Waals surface area contributed by atoms with Crippen LogP contribution in [0.3, 0.4) is 0 Å². The Morgan fingerprint density at radius 2 is 1.83 bits per heavy atom. The van der Waals surface area contributed by atoms with Gasteiger partial charge in [0.1, 0.15) is 11.9 Å². The third-order valence-corrected chi connectivity index (χ3v) is 6.51. The third-order valence-electron chi connectivity index (χ3n) is 6.51. The lowest BCUT2D eigenvalue weighted by Crippen LogP contribution is -2.52. The highest BCUT2D eigenvalue weighted by atomic mass is 16.5. The van der Waals surface area contributed by atoms with Crippen molar-refractivity contribution < 1.29 is 9.53 Å². The minimum Gasteiger partial charge on any atom is -0.474 e. The van der Waals surface area contributed by atoms with Gasteiger partial charge in [0.2, 0.25) is 5.88 Å². The van der Waals surface area contributed by atoms with Crippen molar-refractivity contribution in [1.29, 1.82) is 0 Å². The summed E-state index contributed by atoms with van der Waals surface area (Å²) < 4.78 is 6.27. The van der Waals surface area contributed by atoms with Crippen molar-refractivity contribution in [2.24, 2.45) is 11.8 Å². The number of carbonyl (C=O) groups is 1. The highest BCUT2D eigenvalue weighted by Gasteiger charge is 2.31. The Hall–Kier alpha value is -3.45. The van der Waals surface area contributed by atoms with E-state index in [0.29, 0.717) is 35.6 Å². The Labute approximate surface area is 214 Å². The number of hydrogen-bond donors (Lipinski definition) is 3. The van der Waals surface area contributed by atoms with Gasteiger partial charge in [-0.2, -0.15) is 0 Å². The molecule has 0 aliphatic carbocycles. The quantitative estimate of drug-likeness (QED) is 0.382. The Balaban J connectivity index is 1.41. The van der Waals surface area contributed by atoms with Crippen LogP contribution in [0.15, 0.2) is 60.9 Å². The molecule has 2 aromatic heterocycles. The van der Waals surface area contributed by atoms with E-state index in [1.54, 1.807) is 24.5 Å². The van der Waals surface area contributed by atoms with Crippen molar-refractivity contribution in [1.82, 2.24) is 15.3 Å². The third kappa shape index (κ3) is 6.40. The fraction of sp³-hybridized carbons (Fsp3) is 0.414. The van der Waals surface area contributed by atoms with Gasteiger partial charge in [0, 0.05) is 49.7 Å². The van der Waals surface area contributed by atoms with E-state index in [1.807, 2.05) is 36.4 Å². The molecular weight excluding hydrogens is 450 g/mol. The van der Waals surface area contributed by atoms with E-state index in [9.17, 15) is 4.79 Å². The lowest BCUT2D eigenvalue weighted by molar-refractivity contribution is 0.0571. The predicted molar refractivity (Wildman–Crippen MR) is 145 cm³/mol. The normalized spacial score (nSPS) is 14.7. The minimum absolute atomic E-state index is 0.0605. The zero-order chi connectivity index (χ0) is 25.7. The van der Waals surface area contributed by atoms with Crippen LogP contribution in [0.1, 0.15) is 56.1 Å². The van der Waals surface area contributed by atoms with Crippen molar-refractivity contribution in [3.63, 3.8) is 0 Å². The minimum atomic E-state index is -0.207. The number of rotatable bonds is 9. The summed E-state index contributed by atoms with van der Waals surface area (Å²) in [5.41, 5.74) is 3.52. The summed E-state index contributed by atoms with van der Waals surface area (Å²) in [4.78, 5) is 21.9. The molecule has 3 aromatic rings. The van der Waals surface area contributed by atoms with Crippen LogP contribution in [-0.2, 0) is 12.0 Å². The molecule has 1 atom stereocenters. The van der Waals surface area contributed by atoms with Gasteiger partial charge in [-0.25, -0.2) is 9.97 Å². The average molecular weight is 488 g/mol. The molecule has 1 amide bonds. The lowest BCUT2D eigenvalue weighted by Gasteiger charge is -2.36. The van der Waals surface area contributed by atoms with Gasteiger partial charge in [0.25, 0.3) is 5.91 Å². The van der Waals surface area contributed by atoms with E-state index in [1.165, 1.54) is 5.56 Å². The van der Waals surface area contributed by atoms with Crippen molar-refractivity contribution in [2.75, 3.05) is 23.7 Å². The highest BCUT2D eigenvalue weighted by molar-refractivity contribution is 6.07. The van der Waals surface area contributed by atoms with Crippen LogP contribution in [0.25, 0.3) is 0 Å². The summed E-state index contributed by atoms with van der Waals surface area (Å²) in [7, 11) is 0.